The van der Waals surface area contributed by atoms with Gasteiger partial charge in [0.05, 0.1) is 11.7 Å². The van der Waals surface area contributed by atoms with E-state index in [0.717, 1.165) is 43.7 Å². The number of rotatable bonds is 3. The molecule has 1 N–H and O–H groups in total. The van der Waals surface area contributed by atoms with Gasteiger partial charge in [0.2, 0.25) is 0 Å². The van der Waals surface area contributed by atoms with Crippen molar-refractivity contribution < 1.29 is 4.79 Å². The monoisotopic (exact) mass is 275 g/mol. The second kappa shape index (κ2) is 7.27. The highest BCUT2D eigenvalue weighted by Crippen LogP contribution is 2.16. The summed E-state index contributed by atoms with van der Waals surface area (Å²) in [4.78, 5) is 18.8. The molecule has 0 aromatic carbocycles. The summed E-state index contributed by atoms with van der Waals surface area (Å²) in [6.45, 7) is 5.82. The van der Waals surface area contributed by atoms with Gasteiger partial charge in [-0.05, 0) is 38.3 Å². The first kappa shape index (κ1) is 14.8. The predicted octanol–water partition coefficient (Wildman–Crippen LogP) is 3.43. The molecule has 0 aliphatic carbocycles. The molecule has 0 unspecified atom stereocenters. The van der Waals surface area contributed by atoms with Crippen molar-refractivity contribution in [1.29, 1.82) is 0 Å². The molecule has 4 nitrogen and oxygen atoms in total. The van der Waals surface area contributed by atoms with E-state index in [9.17, 15) is 4.79 Å². The van der Waals surface area contributed by atoms with Crippen molar-refractivity contribution in [2.75, 3.05) is 13.1 Å². The van der Waals surface area contributed by atoms with E-state index in [4.69, 9.17) is 0 Å². The van der Waals surface area contributed by atoms with Crippen molar-refractivity contribution in [2.24, 2.45) is 0 Å². The van der Waals surface area contributed by atoms with Gasteiger partial charge in [-0.2, -0.15) is 0 Å². The van der Waals surface area contributed by atoms with Crippen molar-refractivity contribution in [3.8, 4) is 0 Å². The molecule has 2 amide bonds. The number of aryl methyl sites for hydroxylation is 1. The van der Waals surface area contributed by atoms with Crippen LogP contribution in [0.3, 0.4) is 0 Å². The normalized spacial score (nSPS) is 17.4. The van der Waals surface area contributed by atoms with Crippen molar-refractivity contribution in [3.05, 3.63) is 29.6 Å². The molecule has 0 bridgehead atoms. The second-order valence-corrected chi connectivity index (χ2v) is 5.52. The Bertz CT molecular complexity index is 439. The highest BCUT2D eigenvalue weighted by atomic mass is 16.2. The first-order valence-corrected chi connectivity index (χ1v) is 7.69. The maximum absolute atomic E-state index is 12.4. The van der Waals surface area contributed by atoms with E-state index >= 15 is 0 Å². The topological polar surface area (TPSA) is 45.2 Å². The molecule has 0 saturated carbocycles. The molecule has 1 atom stereocenters. The fourth-order valence-electron chi connectivity index (χ4n) is 2.66. The minimum absolute atomic E-state index is 0.00523. The zero-order valence-electron chi connectivity index (χ0n) is 12.6. The van der Waals surface area contributed by atoms with Crippen LogP contribution < -0.4 is 5.32 Å². The van der Waals surface area contributed by atoms with E-state index in [0.29, 0.717) is 0 Å². The largest absolute Gasteiger partial charge is 0.330 e. The lowest BCUT2D eigenvalue weighted by molar-refractivity contribution is 0.195. The van der Waals surface area contributed by atoms with E-state index < -0.39 is 0 Å². The minimum Gasteiger partial charge on any atom is -0.330 e. The van der Waals surface area contributed by atoms with Crippen LogP contribution in [0.4, 0.5) is 4.79 Å². The molecule has 1 aromatic rings. The Hall–Kier alpha value is -1.58. The molecule has 0 radical (unpaired) electrons. The van der Waals surface area contributed by atoms with E-state index in [1.807, 2.05) is 30.0 Å². The number of likely N-dealkylation sites (tertiary alicyclic amines) is 1. The lowest BCUT2D eigenvalue weighted by Gasteiger charge is -2.24. The summed E-state index contributed by atoms with van der Waals surface area (Å²) in [5.74, 6) is 0. The minimum atomic E-state index is 0.00523. The van der Waals surface area contributed by atoms with E-state index in [2.05, 4.69) is 17.2 Å². The van der Waals surface area contributed by atoms with Gasteiger partial charge in [-0.1, -0.05) is 25.8 Å². The molecule has 1 aliphatic heterocycles. The maximum atomic E-state index is 12.4. The summed E-state index contributed by atoms with van der Waals surface area (Å²) in [6, 6.07) is 6.03. The van der Waals surface area contributed by atoms with Gasteiger partial charge in [-0.25, -0.2) is 4.79 Å². The van der Waals surface area contributed by atoms with Gasteiger partial charge in [0.15, 0.2) is 0 Å². The highest BCUT2D eigenvalue weighted by Gasteiger charge is 2.19. The Labute approximate surface area is 121 Å². The van der Waals surface area contributed by atoms with Crippen LogP contribution in [-0.4, -0.2) is 29.0 Å². The molecule has 20 heavy (non-hydrogen) atoms. The van der Waals surface area contributed by atoms with Crippen molar-refractivity contribution in [3.63, 3.8) is 0 Å². The zero-order valence-corrected chi connectivity index (χ0v) is 12.6. The summed E-state index contributed by atoms with van der Waals surface area (Å²) >= 11 is 0. The number of hydrogen-bond donors (Lipinski definition) is 1. The van der Waals surface area contributed by atoms with Crippen LogP contribution in [-0.2, 0) is 0 Å². The molecule has 1 aromatic heterocycles. The third-order valence-corrected chi connectivity index (χ3v) is 3.87. The zero-order chi connectivity index (χ0) is 14.4. The van der Waals surface area contributed by atoms with E-state index in [-0.39, 0.29) is 12.1 Å². The summed E-state index contributed by atoms with van der Waals surface area (Å²) in [5, 5.41) is 3.13. The summed E-state index contributed by atoms with van der Waals surface area (Å²) in [5.41, 5.74) is 1.95. The molecule has 2 heterocycles. The van der Waals surface area contributed by atoms with E-state index in [1.165, 1.54) is 12.8 Å². The smallest absolute Gasteiger partial charge is 0.317 e. The first-order chi connectivity index (χ1) is 9.70. The van der Waals surface area contributed by atoms with Crippen molar-refractivity contribution >= 4 is 6.03 Å². The van der Waals surface area contributed by atoms with Gasteiger partial charge >= 0.3 is 6.03 Å². The SMILES string of the molecule is CC[C@H](NC(=O)N1CCCCCC1)c1cccc(C)n1. The van der Waals surface area contributed by atoms with Gasteiger partial charge in [0.1, 0.15) is 0 Å². The number of carbonyl (C=O) groups is 1. The Balaban J connectivity index is 2.00. The number of urea groups is 1. The molecule has 1 saturated heterocycles. The van der Waals surface area contributed by atoms with Crippen LogP contribution >= 0.6 is 0 Å². The molecular weight excluding hydrogens is 250 g/mol. The van der Waals surface area contributed by atoms with Gasteiger partial charge in [-0.3, -0.25) is 4.98 Å². The number of nitrogens with one attached hydrogen (secondary N) is 1. The van der Waals surface area contributed by atoms with Crippen LogP contribution in [0.5, 0.6) is 0 Å². The fraction of sp³-hybridized carbons (Fsp3) is 0.625. The molecule has 0 spiro atoms. The quantitative estimate of drug-likeness (QED) is 0.918. The number of carbonyl (C=O) groups excluding carboxylic acids is 1. The van der Waals surface area contributed by atoms with Crippen LogP contribution in [0.1, 0.15) is 56.5 Å². The number of nitrogens with zero attached hydrogens (tertiary/aromatic N) is 2. The Kier molecular flexibility index (Phi) is 5.39. The molecule has 2 rings (SSSR count). The molecule has 1 aliphatic rings. The number of aromatic nitrogens is 1. The predicted molar refractivity (Wildman–Crippen MR) is 80.6 cm³/mol. The average molecular weight is 275 g/mol. The van der Waals surface area contributed by atoms with E-state index in [1.54, 1.807) is 0 Å². The summed E-state index contributed by atoms with van der Waals surface area (Å²) in [7, 11) is 0. The molecule has 4 heteroatoms. The number of hydrogen-bond acceptors (Lipinski definition) is 2. The van der Waals surface area contributed by atoms with Crippen LogP contribution in [0.15, 0.2) is 18.2 Å². The molecular formula is C16H25N3O. The summed E-state index contributed by atoms with van der Waals surface area (Å²) < 4.78 is 0. The maximum Gasteiger partial charge on any atom is 0.317 e. The van der Waals surface area contributed by atoms with Gasteiger partial charge in [0, 0.05) is 18.8 Å². The van der Waals surface area contributed by atoms with Crippen LogP contribution in [0.25, 0.3) is 0 Å². The van der Waals surface area contributed by atoms with Crippen LogP contribution in [0.2, 0.25) is 0 Å². The van der Waals surface area contributed by atoms with Gasteiger partial charge < -0.3 is 10.2 Å². The van der Waals surface area contributed by atoms with Crippen molar-refractivity contribution in [1.82, 2.24) is 15.2 Å². The Morgan fingerprint density at radius 1 is 1.30 bits per heavy atom. The van der Waals surface area contributed by atoms with Crippen molar-refractivity contribution in [2.45, 2.75) is 52.0 Å². The lowest BCUT2D eigenvalue weighted by Crippen LogP contribution is -2.42. The Morgan fingerprint density at radius 2 is 2.00 bits per heavy atom. The first-order valence-electron chi connectivity index (χ1n) is 7.69. The number of pyridine rings is 1. The third-order valence-electron chi connectivity index (χ3n) is 3.87. The summed E-state index contributed by atoms with van der Waals surface area (Å²) in [6.07, 6.45) is 5.57. The fourth-order valence-corrected chi connectivity index (χ4v) is 2.66. The van der Waals surface area contributed by atoms with Gasteiger partial charge in [0.25, 0.3) is 0 Å². The standard InChI is InChI=1S/C16H25N3O/c1-3-14(15-10-8-9-13(2)17-15)18-16(20)19-11-6-4-5-7-12-19/h8-10,14H,3-7,11-12H2,1-2H3,(H,18,20)/t14-/m0/s1. The van der Waals surface area contributed by atoms with Gasteiger partial charge in [-0.15, -0.1) is 0 Å². The third kappa shape index (κ3) is 3.95. The second-order valence-electron chi connectivity index (χ2n) is 5.52. The average Bonchev–Trinajstić information content (AvgIpc) is 2.73. The lowest BCUT2D eigenvalue weighted by atomic mass is 10.1. The Morgan fingerprint density at radius 3 is 2.60 bits per heavy atom. The molecule has 1 fully saturated rings. The number of amides is 2. The molecule has 110 valence electrons. The van der Waals surface area contributed by atoms with Crippen LogP contribution in [0, 0.1) is 6.92 Å². The highest BCUT2D eigenvalue weighted by molar-refractivity contribution is 5.74.